The predicted octanol–water partition coefficient (Wildman–Crippen LogP) is 6.17. The highest BCUT2D eigenvalue weighted by Crippen LogP contribution is 2.39. The summed E-state index contributed by atoms with van der Waals surface area (Å²) in [5.41, 5.74) is 3.75. The molecule has 1 N–H and O–H groups in total. The van der Waals surface area contributed by atoms with Gasteiger partial charge in [-0.2, -0.15) is 0 Å². The molecule has 0 spiro atoms. The molecule has 5 rings (SSSR count). The molecule has 0 amide bonds. The normalized spacial score (nSPS) is 15.3. The van der Waals surface area contributed by atoms with Crippen molar-refractivity contribution in [3.8, 4) is 11.5 Å². The fourth-order valence-electron chi connectivity index (χ4n) is 4.18. The summed E-state index contributed by atoms with van der Waals surface area (Å²) in [5.74, 6) is 1.49. The van der Waals surface area contributed by atoms with Gasteiger partial charge in [-0.05, 0) is 40.1 Å². The molecule has 4 nitrogen and oxygen atoms in total. The van der Waals surface area contributed by atoms with Gasteiger partial charge in [-0.1, -0.05) is 66.7 Å². The maximum absolute atomic E-state index is 13.1. The molecular formula is C27H23NO3. The van der Waals surface area contributed by atoms with Gasteiger partial charge in [0, 0.05) is 17.7 Å². The Balaban J connectivity index is 1.40. The third-order valence-electron chi connectivity index (χ3n) is 5.75. The lowest BCUT2D eigenvalue weighted by Crippen LogP contribution is -2.23. The minimum atomic E-state index is -0.113. The molecule has 0 fully saturated rings. The SMILES string of the molecule is COc1cc([C@@H]2CC(=O)c3c(ccc4ccccc34)N2)ccc1OCc1ccccc1. The molecule has 4 aromatic rings. The van der Waals surface area contributed by atoms with Crippen LogP contribution in [0.4, 0.5) is 5.69 Å². The van der Waals surface area contributed by atoms with Crippen LogP contribution in [0.2, 0.25) is 0 Å². The lowest BCUT2D eigenvalue weighted by Gasteiger charge is -2.28. The number of rotatable bonds is 5. The van der Waals surface area contributed by atoms with E-state index in [1.54, 1.807) is 7.11 Å². The first-order valence-corrected chi connectivity index (χ1v) is 10.4. The van der Waals surface area contributed by atoms with Gasteiger partial charge in [-0.25, -0.2) is 0 Å². The van der Waals surface area contributed by atoms with Crippen LogP contribution < -0.4 is 14.8 Å². The largest absolute Gasteiger partial charge is 0.493 e. The number of hydrogen-bond acceptors (Lipinski definition) is 4. The van der Waals surface area contributed by atoms with E-state index in [9.17, 15) is 4.79 Å². The average Bonchev–Trinajstić information content (AvgIpc) is 2.82. The van der Waals surface area contributed by atoms with Crippen LogP contribution in [0.3, 0.4) is 0 Å². The molecule has 0 bridgehead atoms. The summed E-state index contributed by atoms with van der Waals surface area (Å²) in [7, 11) is 1.63. The van der Waals surface area contributed by atoms with E-state index in [2.05, 4.69) is 11.4 Å². The smallest absolute Gasteiger partial charge is 0.167 e. The van der Waals surface area contributed by atoms with Gasteiger partial charge in [0.2, 0.25) is 0 Å². The lowest BCUT2D eigenvalue weighted by atomic mass is 9.89. The van der Waals surface area contributed by atoms with Crippen molar-refractivity contribution >= 4 is 22.2 Å². The highest BCUT2D eigenvalue weighted by molar-refractivity contribution is 6.14. The van der Waals surface area contributed by atoms with E-state index in [4.69, 9.17) is 9.47 Å². The molecule has 1 heterocycles. The average molecular weight is 409 g/mol. The van der Waals surface area contributed by atoms with Crippen LogP contribution in [0, 0.1) is 0 Å². The second kappa shape index (κ2) is 8.15. The number of anilines is 1. The summed E-state index contributed by atoms with van der Waals surface area (Å²) in [6.45, 7) is 0.469. The number of nitrogens with one attached hydrogen (secondary N) is 1. The Morgan fingerprint density at radius 2 is 1.71 bits per heavy atom. The Labute approximate surface area is 181 Å². The molecule has 4 aromatic carbocycles. The first-order chi connectivity index (χ1) is 15.2. The predicted molar refractivity (Wildman–Crippen MR) is 123 cm³/mol. The second-order valence-corrected chi connectivity index (χ2v) is 7.72. The number of Topliss-reactive ketones (excluding diaryl/α,β-unsaturated/α-hetero) is 1. The fraction of sp³-hybridized carbons (Fsp3) is 0.148. The molecule has 154 valence electrons. The summed E-state index contributed by atoms with van der Waals surface area (Å²) in [6, 6.07) is 27.8. The van der Waals surface area contributed by atoms with Crippen molar-refractivity contribution in [1.82, 2.24) is 0 Å². The molecule has 0 aromatic heterocycles. The zero-order chi connectivity index (χ0) is 21.2. The van der Waals surface area contributed by atoms with Crippen molar-refractivity contribution in [2.45, 2.75) is 19.1 Å². The van der Waals surface area contributed by atoms with Gasteiger partial charge < -0.3 is 14.8 Å². The summed E-state index contributed by atoms with van der Waals surface area (Å²) in [4.78, 5) is 13.1. The first-order valence-electron chi connectivity index (χ1n) is 10.4. The van der Waals surface area contributed by atoms with Crippen molar-refractivity contribution in [3.63, 3.8) is 0 Å². The van der Waals surface area contributed by atoms with E-state index in [1.165, 1.54) is 0 Å². The topological polar surface area (TPSA) is 47.6 Å². The minimum Gasteiger partial charge on any atom is -0.493 e. The van der Waals surface area contributed by atoms with E-state index < -0.39 is 0 Å². The van der Waals surface area contributed by atoms with Crippen molar-refractivity contribution in [1.29, 1.82) is 0 Å². The van der Waals surface area contributed by atoms with E-state index in [0.29, 0.717) is 24.5 Å². The Morgan fingerprint density at radius 1 is 0.903 bits per heavy atom. The van der Waals surface area contributed by atoms with Gasteiger partial charge >= 0.3 is 0 Å². The van der Waals surface area contributed by atoms with E-state index in [1.807, 2.05) is 78.9 Å². The van der Waals surface area contributed by atoms with Gasteiger partial charge in [-0.3, -0.25) is 4.79 Å². The molecule has 0 saturated carbocycles. The fourth-order valence-corrected chi connectivity index (χ4v) is 4.18. The molecular weight excluding hydrogens is 386 g/mol. The maximum Gasteiger partial charge on any atom is 0.167 e. The summed E-state index contributed by atoms with van der Waals surface area (Å²) in [5, 5.41) is 5.63. The highest BCUT2D eigenvalue weighted by atomic mass is 16.5. The molecule has 0 unspecified atom stereocenters. The van der Waals surface area contributed by atoms with Crippen LogP contribution in [0.5, 0.6) is 11.5 Å². The Morgan fingerprint density at radius 3 is 2.55 bits per heavy atom. The number of hydrogen-bond donors (Lipinski definition) is 1. The Bertz CT molecular complexity index is 1250. The van der Waals surface area contributed by atoms with Crippen LogP contribution in [0.1, 0.15) is 33.9 Å². The van der Waals surface area contributed by atoms with Crippen molar-refractivity contribution in [2.24, 2.45) is 0 Å². The van der Waals surface area contributed by atoms with Crippen molar-refractivity contribution in [3.05, 3.63) is 102 Å². The number of ether oxygens (including phenoxy) is 2. The number of benzene rings is 4. The van der Waals surface area contributed by atoms with Gasteiger partial charge in [0.25, 0.3) is 0 Å². The molecule has 1 aliphatic heterocycles. The Kier molecular flexibility index (Phi) is 5.04. The van der Waals surface area contributed by atoms with Crippen LogP contribution in [-0.2, 0) is 6.61 Å². The van der Waals surface area contributed by atoms with Crippen molar-refractivity contribution in [2.75, 3.05) is 12.4 Å². The first kappa shape index (κ1) is 19.2. The van der Waals surface area contributed by atoms with Crippen molar-refractivity contribution < 1.29 is 14.3 Å². The van der Waals surface area contributed by atoms with E-state index in [-0.39, 0.29) is 11.8 Å². The summed E-state index contributed by atoms with van der Waals surface area (Å²) >= 11 is 0. The number of fused-ring (bicyclic) bond motifs is 3. The third-order valence-corrected chi connectivity index (χ3v) is 5.75. The molecule has 4 heteroatoms. The van der Waals surface area contributed by atoms with Crippen LogP contribution >= 0.6 is 0 Å². The second-order valence-electron chi connectivity index (χ2n) is 7.72. The molecule has 0 aliphatic carbocycles. The quantitative estimate of drug-likeness (QED) is 0.428. The number of carbonyl (C=O) groups is 1. The van der Waals surface area contributed by atoms with Gasteiger partial charge in [0.1, 0.15) is 6.61 Å². The summed E-state index contributed by atoms with van der Waals surface area (Å²) < 4.78 is 11.6. The molecule has 1 atom stereocenters. The van der Waals surface area contributed by atoms with Crippen LogP contribution in [0.25, 0.3) is 10.8 Å². The number of ketones is 1. The van der Waals surface area contributed by atoms with Gasteiger partial charge in [0.15, 0.2) is 17.3 Å². The Hall–Kier alpha value is -3.79. The van der Waals surface area contributed by atoms with Gasteiger partial charge in [0.05, 0.1) is 13.2 Å². The maximum atomic E-state index is 13.1. The highest BCUT2D eigenvalue weighted by Gasteiger charge is 2.27. The molecule has 0 saturated heterocycles. The molecule has 0 radical (unpaired) electrons. The molecule has 1 aliphatic rings. The number of methoxy groups -OCH3 is 1. The van der Waals surface area contributed by atoms with Gasteiger partial charge in [-0.15, -0.1) is 0 Å². The lowest BCUT2D eigenvalue weighted by molar-refractivity contribution is 0.0974. The zero-order valence-corrected chi connectivity index (χ0v) is 17.3. The van der Waals surface area contributed by atoms with Crippen LogP contribution in [0.15, 0.2) is 84.9 Å². The third kappa shape index (κ3) is 3.73. The van der Waals surface area contributed by atoms with Crippen LogP contribution in [-0.4, -0.2) is 12.9 Å². The zero-order valence-electron chi connectivity index (χ0n) is 17.3. The van der Waals surface area contributed by atoms with E-state index >= 15 is 0 Å². The standard InChI is InChI=1S/C27H23NO3/c1-30-26-15-20(12-14-25(26)31-17-18-7-3-2-4-8-18)23-16-24(29)27-21-10-6-5-9-19(21)11-13-22(27)28-23/h2-15,23,28H,16-17H2,1H3/t23-/m0/s1. The molecule has 31 heavy (non-hydrogen) atoms. The monoisotopic (exact) mass is 409 g/mol. The summed E-state index contributed by atoms with van der Waals surface area (Å²) in [6.07, 6.45) is 0.397. The van der Waals surface area contributed by atoms with E-state index in [0.717, 1.165) is 33.2 Å². The number of carbonyl (C=O) groups excluding carboxylic acids is 1. The minimum absolute atomic E-state index is 0.113.